The average molecular weight is 303 g/mol. The minimum absolute atomic E-state index is 0.0860. The van der Waals surface area contributed by atoms with Crippen molar-refractivity contribution in [2.24, 2.45) is 0 Å². The molecule has 20 heavy (non-hydrogen) atoms. The summed E-state index contributed by atoms with van der Waals surface area (Å²) < 4.78 is 4.81. The first kappa shape index (κ1) is 12.9. The predicted octanol–water partition coefficient (Wildman–Crippen LogP) is 3.16. The molecule has 1 aromatic carbocycles. The van der Waals surface area contributed by atoms with E-state index in [1.165, 1.54) is 22.9 Å². The molecule has 2 aromatic heterocycles. The van der Waals surface area contributed by atoms with Gasteiger partial charge in [-0.15, -0.1) is 16.4 Å². The summed E-state index contributed by atoms with van der Waals surface area (Å²) in [5.74, 6) is -0.890. The van der Waals surface area contributed by atoms with Crippen LogP contribution in [0.1, 0.15) is 17.1 Å². The van der Waals surface area contributed by atoms with E-state index in [0.717, 1.165) is 10.2 Å². The lowest BCUT2D eigenvalue weighted by atomic mass is 10.1. The van der Waals surface area contributed by atoms with Crippen molar-refractivity contribution < 1.29 is 9.90 Å². The Kier molecular flexibility index (Phi) is 3.53. The Morgan fingerprint density at radius 1 is 1.35 bits per heavy atom. The molecule has 100 valence electrons. The van der Waals surface area contributed by atoms with Crippen LogP contribution in [0.25, 0.3) is 21.9 Å². The van der Waals surface area contributed by atoms with Crippen molar-refractivity contribution in [2.45, 2.75) is 6.42 Å². The summed E-state index contributed by atoms with van der Waals surface area (Å²) in [6, 6.07) is 7.74. The van der Waals surface area contributed by atoms with Crippen LogP contribution in [0.2, 0.25) is 0 Å². The number of carboxylic acid groups (broad SMARTS) is 1. The van der Waals surface area contributed by atoms with Crippen LogP contribution in [-0.2, 0) is 4.79 Å². The third-order valence-electron chi connectivity index (χ3n) is 2.61. The highest BCUT2D eigenvalue weighted by molar-refractivity contribution is 7.19. The Hall–Kier alpha value is -2.12. The van der Waals surface area contributed by atoms with Crippen molar-refractivity contribution in [3.63, 3.8) is 0 Å². The van der Waals surface area contributed by atoms with E-state index >= 15 is 0 Å². The van der Waals surface area contributed by atoms with Crippen LogP contribution in [0.4, 0.5) is 0 Å². The van der Waals surface area contributed by atoms with Crippen molar-refractivity contribution >= 4 is 50.7 Å². The normalized spacial score (nSPS) is 11.9. The van der Waals surface area contributed by atoms with Gasteiger partial charge in [-0.2, -0.15) is 0 Å². The zero-order valence-corrected chi connectivity index (χ0v) is 11.8. The molecule has 1 N–H and O–H groups in total. The van der Waals surface area contributed by atoms with E-state index in [1.54, 1.807) is 11.5 Å². The summed E-state index contributed by atoms with van der Waals surface area (Å²) >= 11 is 2.71. The Morgan fingerprint density at radius 2 is 2.20 bits per heavy atom. The molecule has 0 aliphatic carbocycles. The highest BCUT2D eigenvalue weighted by atomic mass is 32.1. The van der Waals surface area contributed by atoms with Gasteiger partial charge in [-0.05, 0) is 29.7 Å². The number of aromatic nitrogens is 3. The van der Waals surface area contributed by atoms with E-state index in [-0.39, 0.29) is 6.42 Å². The fourth-order valence-corrected chi connectivity index (χ4v) is 3.17. The zero-order chi connectivity index (χ0) is 13.9. The van der Waals surface area contributed by atoms with Crippen molar-refractivity contribution in [1.82, 2.24) is 14.6 Å². The van der Waals surface area contributed by atoms with Crippen molar-refractivity contribution in [3.05, 3.63) is 40.3 Å². The number of carbonyl (C=O) groups is 1. The topological polar surface area (TPSA) is 76.0 Å². The zero-order valence-electron chi connectivity index (χ0n) is 10.2. The molecule has 0 aliphatic rings. The first-order chi connectivity index (χ1) is 9.72. The number of thiazole rings is 1. The molecule has 3 aromatic rings. The number of fused-ring (bicyclic) bond motifs is 1. The van der Waals surface area contributed by atoms with E-state index in [9.17, 15) is 4.79 Å². The second-order valence-electron chi connectivity index (χ2n) is 4.06. The van der Waals surface area contributed by atoms with E-state index in [4.69, 9.17) is 5.11 Å². The van der Waals surface area contributed by atoms with Gasteiger partial charge >= 0.3 is 5.97 Å². The minimum atomic E-state index is -0.890. The summed E-state index contributed by atoms with van der Waals surface area (Å²) in [6.07, 6.45) is 1.65. The molecule has 3 rings (SSSR count). The fourth-order valence-electron chi connectivity index (χ4n) is 1.77. The molecule has 0 saturated heterocycles. The van der Waals surface area contributed by atoms with Gasteiger partial charge in [0.15, 0.2) is 0 Å². The molecule has 2 heterocycles. The molecule has 0 saturated carbocycles. The molecule has 0 fully saturated rings. The summed E-state index contributed by atoms with van der Waals surface area (Å²) in [4.78, 5) is 15.5. The van der Waals surface area contributed by atoms with Gasteiger partial charge in [-0.25, -0.2) is 4.98 Å². The highest BCUT2D eigenvalue weighted by Crippen LogP contribution is 2.29. The molecule has 0 aliphatic heterocycles. The quantitative estimate of drug-likeness (QED) is 0.801. The van der Waals surface area contributed by atoms with E-state index in [1.807, 2.05) is 24.3 Å². The smallest absolute Gasteiger partial charge is 0.307 e. The third kappa shape index (κ3) is 2.73. The van der Waals surface area contributed by atoms with Gasteiger partial charge in [0.1, 0.15) is 5.01 Å². The SMILES string of the molecule is O=C(O)CC(=Cc1csnn1)c1nc2ccccc2s1. The maximum atomic E-state index is 11.0. The lowest BCUT2D eigenvalue weighted by Crippen LogP contribution is -1.97. The molecule has 0 spiro atoms. The van der Waals surface area contributed by atoms with Crippen molar-refractivity contribution in [3.8, 4) is 0 Å². The summed E-state index contributed by atoms with van der Waals surface area (Å²) in [7, 11) is 0. The van der Waals surface area contributed by atoms with Crippen molar-refractivity contribution in [1.29, 1.82) is 0 Å². The van der Waals surface area contributed by atoms with Crippen molar-refractivity contribution in [2.75, 3.05) is 0 Å². The van der Waals surface area contributed by atoms with Gasteiger partial charge in [0, 0.05) is 11.0 Å². The molecule has 5 nitrogen and oxygen atoms in total. The maximum Gasteiger partial charge on any atom is 0.307 e. The van der Waals surface area contributed by atoms with Crippen LogP contribution >= 0.6 is 22.9 Å². The average Bonchev–Trinajstić information content (AvgIpc) is 3.05. The number of rotatable bonds is 4. The molecule has 0 bridgehead atoms. The largest absolute Gasteiger partial charge is 0.481 e. The van der Waals surface area contributed by atoms with Gasteiger partial charge < -0.3 is 5.11 Å². The molecule has 0 amide bonds. The first-order valence-electron chi connectivity index (χ1n) is 5.78. The second kappa shape index (κ2) is 5.48. The number of hydrogen-bond donors (Lipinski definition) is 1. The summed E-state index contributed by atoms with van der Waals surface area (Å²) in [5.41, 5.74) is 2.18. The monoisotopic (exact) mass is 303 g/mol. The summed E-state index contributed by atoms with van der Waals surface area (Å²) in [5, 5.41) is 15.5. The molecule has 0 radical (unpaired) electrons. The van der Waals surface area contributed by atoms with Gasteiger partial charge in [0.05, 0.1) is 22.3 Å². The minimum Gasteiger partial charge on any atom is -0.481 e. The Balaban J connectivity index is 2.06. The Bertz CT molecular complexity index is 745. The summed E-state index contributed by atoms with van der Waals surface area (Å²) in [6.45, 7) is 0. The molecule has 7 heteroatoms. The van der Waals surface area contributed by atoms with Crippen LogP contribution < -0.4 is 0 Å². The molecular weight excluding hydrogens is 294 g/mol. The Morgan fingerprint density at radius 3 is 2.90 bits per heavy atom. The van der Waals surface area contributed by atoms with E-state index in [2.05, 4.69) is 14.6 Å². The lowest BCUT2D eigenvalue weighted by molar-refractivity contribution is -0.135. The Labute approximate surface area is 122 Å². The van der Waals surface area contributed by atoms with Gasteiger partial charge in [-0.3, -0.25) is 4.79 Å². The lowest BCUT2D eigenvalue weighted by Gasteiger charge is -1.99. The highest BCUT2D eigenvalue weighted by Gasteiger charge is 2.13. The number of para-hydroxylation sites is 1. The fraction of sp³-hybridized carbons (Fsp3) is 0.0769. The standard InChI is InChI=1S/C13H9N3O2S2/c17-12(18)6-8(5-9-7-19-16-15-9)13-14-10-3-1-2-4-11(10)20-13/h1-5,7H,6H2,(H,17,18). The van der Waals surface area contributed by atoms with Gasteiger partial charge in [0.25, 0.3) is 0 Å². The van der Waals surface area contributed by atoms with E-state index < -0.39 is 5.97 Å². The van der Waals surface area contributed by atoms with Crippen LogP contribution in [0.5, 0.6) is 0 Å². The van der Waals surface area contributed by atoms with Crippen LogP contribution in [0.3, 0.4) is 0 Å². The van der Waals surface area contributed by atoms with Crippen LogP contribution in [-0.4, -0.2) is 25.6 Å². The van der Waals surface area contributed by atoms with Crippen LogP contribution in [0.15, 0.2) is 29.6 Å². The third-order valence-corrected chi connectivity index (χ3v) is 4.24. The van der Waals surface area contributed by atoms with Gasteiger partial charge in [0.2, 0.25) is 0 Å². The van der Waals surface area contributed by atoms with Crippen LogP contribution in [0, 0.1) is 0 Å². The number of hydrogen-bond acceptors (Lipinski definition) is 6. The predicted molar refractivity (Wildman–Crippen MR) is 79.7 cm³/mol. The number of benzene rings is 1. The molecule has 0 atom stereocenters. The first-order valence-corrected chi connectivity index (χ1v) is 7.43. The number of aliphatic carboxylic acids is 1. The van der Waals surface area contributed by atoms with Gasteiger partial charge in [-0.1, -0.05) is 16.6 Å². The number of nitrogens with zero attached hydrogens (tertiary/aromatic N) is 3. The second-order valence-corrected chi connectivity index (χ2v) is 5.70. The molecule has 0 unspecified atom stereocenters. The molecular formula is C13H9N3O2S2. The maximum absolute atomic E-state index is 11.0. The number of carboxylic acids is 1. The van der Waals surface area contributed by atoms with E-state index in [0.29, 0.717) is 16.3 Å².